The lowest BCUT2D eigenvalue weighted by Crippen LogP contribution is -2.79. The lowest BCUT2D eigenvalue weighted by Gasteiger charge is -2.70. The Bertz CT molecular complexity index is 1410. The Morgan fingerprint density at radius 2 is 1.58 bits per heavy atom. The fraction of sp³-hybridized carbons (Fsp3) is 0.806. The number of hydrogen-bond donors (Lipinski definition) is 1. The van der Waals surface area contributed by atoms with Crippen LogP contribution in [-0.4, -0.2) is 58.9 Å². The number of hydrogen-bond acceptors (Lipinski definition) is 9. The zero-order chi connectivity index (χ0) is 31.0. The number of ketones is 1. The molecule has 9 rings (SSSR count). The van der Waals surface area contributed by atoms with E-state index in [0.29, 0.717) is 12.8 Å². The number of aliphatic hydroxyl groups excluding tert-OH is 1. The molecule has 244 valence electrons. The highest BCUT2D eigenvalue weighted by molar-refractivity contribution is 5.92. The number of carbonyl (C=O) groups excluding carboxylic acids is 3. The highest BCUT2D eigenvalue weighted by Gasteiger charge is 2.93. The number of furan rings is 1. The topological polar surface area (TPSA) is 125 Å². The Kier molecular flexibility index (Phi) is 6.07. The number of epoxide rings is 1. The number of fused-ring (bicyclic) bond motifs is 1. The van der Waals surface area contributed by atoms with Gasteiger partial charge in [-0.05, 0) is 69.3 Å². The molecule has 45 heavy (non-hydrogen) atoms. The van der Waals surface area contributed by atoms with E-state index in [-0.39, 0.29) is 42.5 Å². The monoisotopic (exact) mass is 622 g/mol. The van der Waals surface area contributed by atoms with Crippen molar-refractivity contribution < 1.29 is 42.9 Å². The van der Waals surface area contributed by atoms with Crippen LogP contribution in [0.25, 0.3) is 0 Å². The van der Waals surface area contributed by atoms with E-state index in [4.69, 9.17) is 23.4 Å². The van der Waals surface area contributed by atoms with Gasteiger partial charge >= 0.3 is 11.9 Å². The minimum atomic E-state index is -1.33. The second-order valence-corrected chi connectivity index (χ2v) is 16.2. The first-order valence-electron chi connectivity index (χ1n) is 17.6. The predicted octanol–water partition coefficient (Wildman–Crippen LogP) is 5.23. The summed E-state index contributed by atoms with van der Waals surface area (Å²) >= 11 is 0. The van der Waals surface area contributed by atoms with Crippen molar-refractivity contribution in [1.82, 2.24) is 0 Å². The molecule has 11 unspecified atom stereocenters. The van der Waals surface area contributed by atoms with Gasteiger partial charge in [0.15, 0.2) is 11.9 Å². The molecule has 9 nitrogen and oxygen atoms in total. The molecule has 9 heteroatoms. The maximum Gasteiger partial charge on any atom is 0.339 e. The average Bonchev–Trinajstić information content (AvgIpc) is 3.47. The van der Waals surface area contributed by atoms with Crippen LogP contribution in [0.15, 0.2) is 23.0 Å². The molecule has 0 radical (unpaired) electrons. The third-order valence-electron chi connectivity index (χ3n) is 14.8. The summed E-state index contributed by atoms with van der Waals surface area (Å²) in [5.74, 6) is -1.62. The van der Waals surface area contributed by atoms with Crippen LogP contribution < -0.4 is 0 Å². The molecule has 8 fully saturated rings. The minimum Gasteiger partial charge on any atom is -0.472 e. The number of rotatable bonds is 3. The fourth-order valence-electron chi connectivity index (χ4n) is 13.2. The Morgan fingerprint density at radius 1 is 0.867 bits per heavy atom. The molecule has 4 aliphatic carbocycles. The highest BCUT2D eigenvalue weighted by atomic mass is 16.7. The smallest absolute Gasteiger partial charge is 0.339 e. The van der Waals surface area contributed by atoms with Crippen molar-refractivity contribution in [3.8, 4) is 0 Å². The third-order valence-corrected chi connectivity index (χ3v) is 14.8. The molecule has 1 aromatic rings. The molecule has 2 spiro atoms. The van der Waals surface area contributed by atoms with Gasteiger partial charge in [0.05, 0.1) is 36.6 Å². The van der Waals surface area contributed by atoms with E-state index in [2.05, 4.69) is 13.8 Å². The summed E-state index contributed by atoms with van der Waals surface area (Å²) in [4.78, 5) is 42.2. The van der Waals surface area contributed by atoms with Crippen LogP contribution in [0.1, 0.15) is 109 Å². The molecule has 0 amide bonds. The van der Waals surface area contributed by atoms with Crippen molar-refractivity contribution in [3.05, 3.63) is 24.2 Å². The zero-order valence-corrected chi connectivity index (χ0v) is 26.5. The van der Waals surface area contributed by atoms with Gasteiger partial charge in [0.25, 0.3) is 0 Å². The summed E-state index contributed by atoms with van der Waals surface area (Å²) < 4.78 is 31.6. The van der Waals surface area contributed by atoms with Gasteiger partial charge in [0, 0.05) is 21.8 Å². The Morgan fingerprint density at radius 3 is 2.27 bits per heavy atom. The van der Waals surface area contributed by atoms with Crippen LogP contribution >= 0.6 is 0 Å². The number of carbonyl (C=O) groups is 3. The molecule has 8 aliphatic rings. The Balaban J connectivity index is 1.28. The maximum atomic E-state index is 15.4. The van der Waals surface area contributed by atoms with Gasteiger partial charge in [-0.1, -0.05) is 45.4 Å². The predicted molar refractivity (Wildman–Crippen MR) is 157 cm³/mol. The van der Waals surface area contributed by atoms with Crippen molar-refractivity contribution in [2.75, 3.05) is 6.61 Å². The van der Waals surface area contributed by atoms with Crippen molar-refractivity contribution in [3.63, 3.8) is 0 Å². The standard InChI is InChI=1S/C36H46O9/c1-32-15-13-23-34-19-42-25(37)17-24(34)44-33(2,21-9-5-3-6-10-21)27(34)26(38)28(39)35(23,22-11-7-4-8-12-22)36(32)30(45-36)31(40)43-29(32)20-14-16-41-18-20/h14,16,18,21-24,27-30,39H,3-13,15,17,19H2,1-2H3. The second-order valence-electron chi connectivity index (χ2n) is 16.2. The van der Waals surface area contributed by atoms with Gasteiger partial charge in [0.1, 0.15) is 24.4 Å². The van der Waals surface area contributed by atoms with Crippen LogP contribution in [0.5, 0.6) is 0 Å². The maximum absolute atomic E-state index is 15.4. The summed E-state index contributed by atoms with van der Waals surface area (Å²) in [7, 11) is 0. The Labute approximate surface area is 264 Å². The molecular weight excluding hydrogens is 576 g/mol. The van der Waals surface area contributed by atoms with Gasteiger partial charge < -0.3 is 28.5 Å². The molecule has 4 aliphatic heterocycles. The SMILES string of the molecule is CC1(C2CCCCC2)OC2CC(=O)OCC23C1C(=O)C(O)C1(C2CCCCC2)C3CCC2(C)C(c3ccoc3)OC(=O)C3OC321. The van der Waals surface area contributed by atoms with Gasteiger partial charge in [-0.25, -0.2) is 4.79 Å². The third kappa shape index (κ3) is 3.24. The van der Waals surface area contributed by atoms with E-state index < -0.39 is 63.8 Å². The van der Waals surface area contributed by atoms with Crippen LogP contribution in [-0.2, 0) is 33.3 Å². The molecule has 4 saturated carbocycles. The first-order valence-corrected chi connectivity index (χ1v) is 17.6. The van der Waals surface area contributed by atoms with Crippen LogP contribution in [0.3, 0.4) is 0 Å². The number of ether oxygens (including phenoxy) is 4. The Hall–Kier alpha value is -2.23. The van der Waals surface area contributed by atoms with E-state index in [9.17, 15) is 14.7 Å². The first kappa shape index (κ1) is 29.0. The minimum absolute atomic E-state index is 0.0362. The van der Waals surface area contributed by atoms with Gasteiger partial charge in [0.2, 0.25) is 0 Å². The number of Topliss-reactive ketones (excluding diaryl/α,β-unsaturated/α-hetero) is 1. The number of cyclic esters (lactones) is 2. The first-order chi connectivity index (χ1) is 21.7. The summed E-state index contributed by atoms with van der Waals surface area (Å²) in [6, 6.07) is 1.84. The van der Waals surface area contributed by atoms with Gasteiger partial charge in [-0.15, -0.1) is 0 Å². The molecule has 1 aromatic heterocycles. The van der Waals surface area contributed by atoms with Crippen LogP contribution in [0.4, 0.5) is 0 Å². The summed E-state index contributed by atoms with van der Waals surface area (Å²) in [5.41, 5.74) is -3.70. The summed E-state index contributed by atoms with van der Waals surface area (Å²) in [6.07, 6.45) is 11.5. The molecule has 4 saturated heterocycles. The zero-order valence-electron chi connectivity index (χ0n) is 26.5. The molecule has 0 bridgehead atoms. The van der Waals surface area contributed by atoms with Gasteiger partial charge in [-0.3, -0.25) is 9.59 Å². The van der Waals surface area contributed by atoms with Crippen molar-refractivity contribution in [2.45, 2.75) is 133 Å². The van der Waals surface area contributed by atoms with Crippen molar-refractivity contribution in [2.24, 2.45) is 39.9 Å². The molecule has 5 heterocycles. The molecule has 0 aromatic carbocycles. The molecule has 1 N–H and O–H groups in total. The quantitative estimate of drug-likeness (QED) is 0.356. The molecule has 11 atom stereocenters. The normalized spacial score (nSPS) is 51.2. The number of esters is 2. The average molecular weight is 623 g/mol. The lowest BCUT2D eigenvalue weighted by atomic mass is 9.32. The van der Waals surface area contributed by atoms with Crippen LogP contribution in [0.2, 0.25) is 0 Å². The van der Waals surface area contributed by atoms with E-state index in [1.165, 1.54) is 6.42 Å². The van der Waals surface area contributed by atoms with Gasteiger partial charge in [-0.2, -0.15) is 0 Å². The summed E-state index contributed by atoms with van der Waals surface area (Å²) in [5, 5.41) is 13.0. The second kappa shape index (κ2) is 9.44. The lowest BCUT2D eigenvalue weighted by molar-refractivity contribution is -0.275. The largest absolute Gasteiger partial charge is 0.472 e. The number of aliphatic hydroxyl groups is 1. The summed E-state index contributed by atoms with van der Waals surface area (Å²) in [6.45, 7) is 4.33. The van der Waals surface area contributed by atoms with Crippen LogP contribution in [0, 0.1) is 39.9 Å². The highest BCUT2D eigenvalue weighted by Crippen LogP contribution is 2.82. The van der Waals surface area contributed by atoms with E-state index in [0.717, 1.165) is 63.4 Å². The van der Waals surface area contributed by atoms with Crippen molar-refractivity contribution >= 4 is 17.7 Å². The van der Waals surface area contributed by atoms with E-state index in [1.807, 2.05) is 6.07 Å². The van der Waals surface area contributed by atoms with E-state index in [1.54, 1.807) is 12.5 Å². The van der Waals surface area contributed by atoms with E-state index >= 15 is 4.79 Å². The molecular formula is C36H46O9. The van der Waals surface area contributed by atoms with Crippen molar-refractivity contribution in [1.29, 1.82) is 0 Å². The fourth-order valence-corrected chi connectivity index (χ4v) is 13.2.